The normalized spacial score (nSPS) is 10.5. The van der Waals surface area contributed by atoms with Crippen molar-refractivity contribution in [1.82, 2.24) is 4.98 Å². The average molecular weight is 361 g/mol. The number of nitrogens with zero attached hydrogens (tertiary/aromatic N) is 1. The van der Waals surface area contributed by atoms with Crippen molar-refractivity contribution in [2.45, 2.75) is 0 Å². The highest BCUT2D eigenvalue weighted by molar-refractivity contribution is 6.04. The van der Waals surface area contributed by atoms with Gasteiger partial charge in [-0.25, -0.2) is 22.5 Å². The molecule has 3 aromatic rings. The minimum Gasteiger partial charge on any atom is -0.335 e. The SMILES string of the molecule is O=C(Nc1ccc(F)cc1F)c1ccnc(Nc2c(F)cccc2F)c1. The molecule has 132 valence electrons. The van der Waals surface area contributed by atoms with Crippen LogP contribution < -0.4 is 10.6 Å². The van der Waals surface area contributed by atoms with Crippen molar-refractivity contribution in [2.75, 3.05) is 10.6 Å². The van der Waals surface area contributed by atoms with Crippen LogP contribution in [0.15, 0.2) is 54.7 Å². The Bertz CT molecular complexity index is 958. The molecule has 0 aliphatic heterocycles. The van der Waals surface area contributed by atoms with E-state index in [4.69, 9.17) is 0 Å². The molecule has 1 amide bonds. The number of carbonyl (C=O) groups is 1. The van der Waals surface area contributed by atoms with Gasteiger partial charge >= 0.3 is 0 Å². The van der Waals surface area contributed by atoms with Crippen molar-refractivity contribution in [3.63, 3.8) is 0 Å². The Morgan fingerprint density at radius 2 is 1.62 bits per heavy atom. The van der Waals surface area contributed by atoms with E-state index in [0.717, 1.165) is 24.3 Å². The highest BCUT2D eigenvalue weighted by Crippen LogP contribution is 2.23. The molecule has 0 unspecified atom stereocenters. The molecule has 8 heteroatoms. The summed E-state index contributed by atoms with van der Waals surface area (Å²) < 4.78 is 53.9. The molecular formula is C18H11F4N3O. The lowest BCUT2D eigenvalue weighted by atomic mass is 10.2. The summed E-state index contributed by atoms with van der Waals surface area (Å²) in [4.78, 5) is 16.1. The number of benzene rings is 2. The van der Waals surface area contributed by atoms with Crippen molar-refractivity contribution in [2.24, 2.45) is 0 Å². The highest BCUT2D eigenvalue weighted by atomic mass is 19.1. The number of hydrogen-bond acceptors (Lipinski definition) is 3. The number of para-hydroxylation sites is 1. The van der Waals surface area contributed by atoms with Crippen LogP contribution in [0.5, 0.6) is 0 Å². The lowest BCUT2D eigenvalue weighted by Gasteiger charge is -2.10. The maximum absolute atomic E-state index is 13.7. The predicted octanol–water partition coefficient (Wildman–Crippen LogP) is 4.63. The number of anilines is 3. The molecule has 4 nitrogen and oxygen atoms in total. The molecule has 0 aliphatic carbocycles. The van der Waals surface area contributed by atoms with Gasteiger partial charge in [-0.2, -0.15) is 0 Å². The number of nitrogens with one attached hydrogen (secondary N) is 2. The van der Waals surface area contributed by atoms with Crippen LogP contribution in [0.25, 0.3) is 0 Å². The summed E-state index contributed by atoms with van der Waals surface area (Å²) in [7, 11) is 0. The van der Waals surface area contributed by atoms with Crippen LogP contribution in [-0.4, -0.2) is 10.9 Å². The molecule has 0 fully saturated rings. The molecule has 0 aliphatic rings. The zero-order valence-electron chi connectivity index (χ0n) is 13.1. The monoisotopic (exact) mass is 361 g/mol. The van der Waals surface area contributed by atoms with E-state index in [1.165, 1.54) is 24.4 Å². The van der Waals surface area contributed by atoms with Crippen LogP contribution in [0.1, 0.15) is 10.4 Å². The zero-order chi connectivity index (χ0) is 18.7. The van der Waals surface area contributed by atoms with Crippen LogP contribution in [0, 0.1) is 23.3 Å². The fourth-order valence-electron chi connectivity index (χ4n) is 2.17. The second kappa shape index (κ2) is 7.22. The first-order valence-electron chi connectivity index (χ1n) is 7.37. The Kier molecular flexibility index (Phi) is 4.83. The van der Waals surface area contributed by atoms with E-state index in [9.17, 15) is 22.4 Å². The van der Waals surface area contributed by atoms with E-state index < -0.39 is 34.9 Å². The topological polar surface area (TPSA) is 54.0 Å². The van der Waals surface area contributed by atoms with Crippen LogP contribution in [0.2, 0.25) is 0 Å². The summed E-state index contributed by atoms with van der Waals surface area (Å²) in [6.07, 6.45) is 1.25. The molecule has 26 heavy (non-hydrogen) atoms. The molecule has 2 aromatic carbocycles. The van der Waals surface area contributed by atoms with Crippen molar-refractivity contribution < 1.29 is 22.4 Å². The smallest absolute Gasteiger partial charge is 0.255 e. The van der Waals surface area contributed by atoms with Crippen molar-refractivity contribution >= 4 is 23.1 Å². The summed E-state index contributed by atoms with van der Waals surface area (Å²) in [6.45, 7) is 0. The third kappa shape index (κ3) is 3.80. The van der Waals surface area contributed by atoms with Gasteiger partial charge in [0, 0.05) is 17.8 Å². The van der Waals surface area contributed by atoms with Crippen molar-refractivity contribution in [1.29, 1.82) is 0 Å². The van der Waals surface area contributed by atoms with E-state index in [0.29, 0.717) is 6.07 Å². The number of aromatic nitrogens is 1. The second-order valence-corrected chi connectivity index (χ2v) is 5.23. The summed E-state index contributed by atoms with van der Waals surface area (Å²) in [5.41, 5.74) is -0.562. The number of amides is 1. The van der Waals surface area contributed by atoms with Gasteiger partial charge in [0.15, 0.2) is 0 Å². The number of halogens is 4. The molecule has 0 saturated carbocycles. The Hall–Kier alpha value is -3.42. The molecule has 0 bridgehead atoms. The van der Waals surface area contributed by atoms with E-state index in [2.05, 4.69) is 15.6 Å². The van der Waals surface area contributed by atoms with Gasteiger partial charge < -0.3 is 10.6 Å². The minimum atomic E-state index is -0.931. The van der Waals surface area contributed by atoms with Crippen LogP contribution in [-0.2, 0) is 0 Å². The Morgan fingerprint density at radius 1 is 0.885 bits per heavy atom. The van der Waals surface area contributed by atoms with Gasteiger partial charge in [-0.1, -0.05) is 6.07 Å². The Morgan fingerprint density at radius 3 is 2.31 bits per heavy atom. The van der Waals surface area contributed by atoms with Crippen LogP contribution in [0.3, 0.4) is 0 Å². The molecule has 3 rings (SSSR count). The molecule has 1 heterocycles. The number of carbonyl (C=O) groups excluding carboxylic acids is 1. The van der Waals surface area contributed by atoms with E-state index in [-0.39, 0.29) is 17.1 Å². The fraction of sp³-hybridized carbons (Fsp3) is 0. The van der Waals surface area contributed by atoms with E-state index in [1.807, 2.05) is 0 Å². The highest BCUT2D eigenvalue weighted by Gasteiger charge is 2.13. The first-order valence-corrected chi connectivity index (χ1v) is 7.37. The number of pyridine rings is 1. The molecule has 0 atom stereocenters. The maximum atomic E-state index is 13.7. The molecular weight excluding hydrogens is 350 g/mol. The molecule has 0 radical (unpaired) electrons. The van der Waals surface area contributed by atoms with Gasteiger partial charge in [-0.3, -0.25) is 4.79 Å². The maximum Gasteiger partial charge on any atom is 0.255 e. The van der Waals surface area contributed by atoms with Gasteiger partial charge in [0.2, 0.25) is 0 Å². The first-order chi connectivity index (χ1) is 12.4. The third-order valence-electron chi connectivity index (χ3n) is 3.42. The largest absolute Gasteiger partial charge is 0.335 e. The summed E-state index contributed by atoms with van der Waals surface area (Å²) >= 11 is 0. The summed E-state index contributed by atoms with van der Waals surface area (Å²) in [5.74, 6) is -4.04. The van der Waals surface area contributed by atoms with Crippen molar-refractivity contribution in [3.8, 4) is 0 Å². The lowest BCUT2D eigenvalue weighted by Crippen LogP contribution is -2.13. The molecule has 0 spiro atoms. The fourth-order valence-corrected chi connectivity index (χ4v) is 2.17. The van der Waals surface area contributed by atoms with E-state index in [1.54, 1.807) is 0 Å². The third-order valence-corrected chi connectivity index (χ3v) is 3.42. The van der Waals surface area contributed by atoms with Gasteiger partial charge in [-0.15, -0.1) is 0 Å². The predicted molar refractivity (Wildman–Crippen MR) is 88.2 cm³/mol. The number of hydrogen-bond donors (Lipinski definition) is 2. The minimum absolute atomic E-state index is 0.0150. The second-order valence-electron chi connectivity index (χ2n) is 5.23. The number of rotatable bonds is 4. The van der Waals surface area contributed by atoms with Gasteiger partial charge in [-0.05, 0) is 36.4 Å². The zero-order valence-corrected chi connectivity index (χ0v) is 13.1. The quantitative estimate of drug-likeness (QED) is 0.666. The van der Waals surface area contributed by atoms with Crippen LogP contribution in [0.4, 0.5) is 34.8 Å². The first kappa shape index (κ1) is 17.4. The van der Waals surface area contributed by atoms with Gasteiger partial charge in [0.05, 0.1) is 5.69 Å². The molecule has 0 saturated heterocycles. The lowest BCUT2D eigenvalue weighted by molar-refractivity contribution is 0.102. The molecule has 1 aromatic heterocycles. The Balaban J connectivity index is 1.81. The van der Waals surface area contributed by atoms with E-state index >= 15 is 0 Å². The van der Waals surface area contributed by atoms with Crippen molar-refractivity contribution in [3.05, 3.63) is 83.6 Å². The molecule has 2 N–H and O–H groups in total. The van der Waals surface area contributed by atoms with Crippen LogP contribution >= 0.6 is 0 Å². The summed E-state index contributed by atoms with van der Waals surface area (Å²) in [5, 5.41) is 4.74. The van der Waals surface area contributed by atoms with Gasteiger partial charge in [0.25, 0.3) is 5.91 Å². The van der Waals surface area contributed by atoms with Gasteiger partial charge in [0.1, 0.15) is 34.8 Å². The Labute approximate surface area is 145 Å². The average Bonchev–Trinajstić information content (AvgIpc) is 2.61. The summed E-state index contributed by atoms with van der Waals surface area (Å²) in [6, 6.07) is 8.64. The standard InChI is InChI=1S/C18H11F4N3O/c19-11-4-5-15(14(22)9-11)24-18(26)10-6-7-23-16(8-10)25-17-12(20)2-1-3-13(17)21/h1-9H,(H,23,25)(H,24,26).